The van der Waals surface area contributed by atoms with Crippen molar-refractivity contribution in [3.05, 3.63) is 6.61 Å². The first-order chi connectivity index (χ1) is 10.3. The van der Waals surface area contributed by atoms with Gasteiger partial charge in [0.25, 0.3) is 0 Å². The van der Waals surface area contributed by atoms with E-state index in [1.54, 1.807) is 6.92 Å². The molecule has 0 saturated heterocycles. The Kier molecular flexibility index (Phi) is 17.1. The number of esters is 1. The van der Waals surface area contributed by atoms with Crippen molar-refractivity contribution in [2.24, 2.45) is 0 Å². The molecular formula is C19H37O2. The second kappa shape index (κ2) is 17.5. The molecule has 2 nitrogen and oxygen atoms in total. The lowest BCUT2D eigenvalue weighted by Gasteiger charge is -2.03. The third kappa shape index (κ3) is 17.4. The summed E-state index contributed by atoms with van der Waals surface area (Å²) in [5.74, 6) is -0.0866. The summed E-state index contributed by atoms with van der Waals surface area (Å²) >= 11 is 0. The molecule has 0 rings (SSSR count). The van der Waals surface area contributed by atoms with E-state index in [4.69, 9.17) is 4.74 Å². The first kappa shape index (κ1) is 20.5. The lowest BCUT2D eigenvalue weighted by atomic mass is 10.0. The Morgan fingerprint density at radius 2 is 1.10 bits per heavy atom. The zero-order valence-corrected chi connectivity index (χ0v) is 14.5. The van der Waals surface area contributed by atoms with E-state index in [0.717, 1.165) is 12.8 Å². The van der Waals surface area contributed by atoms with Gasteiger partial charge >= 0.3 is 5.97 Å². The first-order valence-electron chi connectivity index (χ1n) is 9.28. The van der Waals surface area contributed by atoms with E-state index in [2.05, 4.69) is 6.92 Å². The third-order valence-electron chi connectivity index (χ3n) is 3.98. The van der Waals surface area contributed by atoms with Gasteiger partial charge in [0.1, 0.15) is 6.61 Å². The van der Waals surface area contributed by atoms with Crippen molar-refractivity contribution in [3.8, 4) is 0 Å². The normalized spacial score (nSPS) is 10.8. The second-order valence-electron chi connectivity index (χ2n) is 6.07. The van der Waals surface area contributed by atoms with E-state index in [-0.39, 0.29) is 5.97 Å². The van der Waals surface area contributed by atoms with Crippen LogP contribution in [0.2, 0.25) is 0 Å². The molecule has 1 radical (unpaired) electrons. The Morgan fingerprint density at radius 3 is 1.48 bits per heavy atom. The molecule has 125 valence electrons. The van der Waals surface area contributed by atoms with E-state index in [9.17, 15) is 4.79 Å². The van der Waals surface area contributed by atoms with Crippen molar-refractivity contribution in [1.29, 1.82) is 0 Å². The van der Waals surface area contributed by atoms with Crippen LogP contribution in [-0.2, 0) is 9.53 Å². The van der Waals surface area contributed by atoms with Crippen molar-refractivity contribution in [2.75, 3.05) is 0 Å². The maximum absolute atomic E-state index is 11.1. The predicted molar refractivity (Wildman–Crippen MR) is 91.0 cm³/mol. The Labute approximate surface area is 133 Å². The molecule has 0 fully saturated rings. The topological polar surface area (TPSA) is 26.3 Å². The van der Waals surface area contributed by atoms with E-state index < -0.39 is 0 Å². The standard InChI is InChI=1S/C19H37O2/c1-3-5-6-7-8-9-10-11-12-13-14-15-16-17-18-19(20)21-4-2/h4H,3,5-18H2,1-2H3. The van der Waals surface area contributed by atoms with Crippen molar-refractivity contribution in [1.82, 2.24) is 0 Å². The van der Waals surface area contributed by atoms with Gasteiger partial charge in [-0.3, -0.25) is 4.79 Å². The van der Waals surface area contributed by atoms with Gasteiger partial charge in [-0.25, -0.2) is 0 Å². The highest BCUT2D eigenvalue weighted by Gasteiger charge is 2.00. The number of rotatable bonds is 16. The molecule has 0 atom stereocenters. The van der Waals surface area contributed by atoms with Crippen LogP contribution in [0.5, 0.6) is 0 Å². The fourth-order valence-corrected chi connectivity index (χ4v) is 2.65. The highest BCUT2D eigenvalue weighted by molar-refractivity contribution is 5.69. The molecule has 0 bridgehead atoms. The predicted octanol–water partition coefficient (Wildman–Crippen LogP) is 6.58. The molecule has 0 amide bonds. The minimum Gasteiger partial charge on any atom is -0.459 e. The van der Waals surface area contributed by atoms with Gasteiger partial charge in [0.05, 0.1) is 0 Å². The minimum absolute atomic E-state index is 0.0866. The van der Waals surface area contributed by atoms with Gasteiger partial charge in [-0.05, 0) is 13.3 Å². The molecule has 0 spiro atoms. The van der Waals surface area contributed by atoms with Crippen LogP contribution in [0.15, 0.2) is 0 Å². The van der Waals surface area contributed by atoms with Crippen LogP contribution in [0.3, 0.4) is 0 Å². The molecule has 2 heteroatoms. The summed E-state index contributed by atoms with van der Waals surface area (Å²) < 4.78 is 4.79. The summed E-state index contributed by atoms with van der Waals surface area (Å²) in [5, 5.41) is 0. The molecule has 0 heterocycles. The summed E-state index contributed by atoms with van der Waals surface area (Å²) in [6.45, 7) is 5.48. The fraction of sp³-hybridized carbons (Fsp3) is 0.895. The van der Waals surface area contributed by atoms with Gasteiger partial charge < -0.3 is 4.74 Å². The number of ether oxygens (including phenoxy) is 1. The molecule has 0 aromatic rings. The van der Waals surface area contributed by atoms with Crippen LogP contribution in [0.4, 0.5) is 0 Å². The molecule has 21 heavy (non-hydrogen) atoms. The smallest absolute Gasteiger partial charge is 0.306 e. The molecule has 0 aromatic heterocycles. The van der Waals surface area contributed by atoms with E-state index in [1.807, 2.05) is 0 Å². The lowest BCUT2D eigenvalue weighted by molar-refractivity contribution is -0.140. The SMILES string of the molecule is C[CH]OC(=O)CCCCCCCCCCCCCCCC. The highest BCUT2D eigenvalue weighted by atomic mass is 16.5. The molecule has 0 aliphatic rings. The van der Waals surface area contributed by atoms with Gasteiger partial charge in [0.15, 0.2) is 0 Å². The molecule has 0 aliphatic heterocycles. The third-order valence-corrected chi connectivity index (χ3v) is 3.98. The van der Waals surface area contributed by atoms with Gasteiger partial charge in [0.2, 0.25) is 0 Å². The van der Waals surface area contributed by atoms with Crippen LogP contribution in [0, 0.1) is 6.61 Å². The van der Waals surface area contributed by atoms with Crippen LogP contribution in [0.25, 0.3) is 0 Å². The zero-order chi connectivity index (χ0) is 15.6. The van der Waals surface area contributed by atoms with Crippen LogP contribution in [0.1, 0.15) is 110 Å². The van der Waals surface area contributed by atoms with E-state index >= 15 is 0 Å². The summed E-state index contributed by atoms with van der Waals surface area (Å²) in [7, 11) is 0. The van der Waals surface area contributed by atoms with Gasteiger partial charge in [-0.2, -0.15) is 0 Å². The van der Waals surface area contributed by atoms with Crippen molar-refractivity contribution in [3.63, 3.8) is 0 Å². The number of unbranched alkanes of at least 4 members (excludes halogenated alkanes) is 13. The first-order valence-corrected chi connectivity index (χ1v) is 9.28. The Balaban J connectivity index is 3.01. The fourth-order valence-electron chi connectivity index (χ4n) is 2.65. The maximum atomic E-state index is 11.1. The summed E-state index contributed by atoms with van der Waals surface area (Å²) in [6.07, 6.45) is 19.4. The molecular weight excluding hydrogens is 260 g/mol. The minimum atomic E-state index is -0.0866. The van der Waals surface area contributed by atoms with Crippen molar-refractivity contribution >= 4 is 5.97 Å². The Hall–Kier alpha value is -0.530. The average molecular weight is 298 g/mol. The molecule has 0 saturated carbocycles. The van der Waals surface area contributed by atoms with E-state index in [0.29, 0.717) is 6.42 Å². The average Bonchev–Trinajstić information content (AvgIpc) is 2.48. The molecule has 0 N–H and O–H groups in total. The summed E-state index contributed by atoms with van der Waals surface area (Å²) in [4.78, 5) is 11.1. The lowest BCUT2D eigenvalue weighted by Crippen LogP contribution is -2.00. The monoisotopic (exact) mass is 297 g/mol. The molecule has 0 unspecified atom stereocenters. The molecule has 0 aliphatic carbocycles. The largest absolute Gasteiger partial charge is 0.459 e. The summed E-state index contributed by atoms with van der Waals surface area (Å²) in [6, 6.07) is 0. The zero-order valence-electron chi connectivity index (χ0n) is 14.5. The summed E-state index contributed by atoms with van der Waals surface area (Å²) in [5.41, 5.74) is 0. The van der Waals surface area contributed by atoms with Crippen LogP contribution in [-0.4, -0.2) is 5.97 Å². The number of hydrogen-bond acceptors (Lipinski definition) is 2. The maximum Gasteiger partial charge on any atom is 0.306 e. The van der Waals surface area contributed by atoms with Crippen LogP contribution >= 0.6 is 0 Å². The number of carbonyl (C=O) groups excluding carboxylic acids is 1. The van der Waals surface area contributed by atoms with Crippen molar-refractivity contribution < 1.29 is 9.53 Å². The number of carbonyl (C=O) groups is 1. The number of hydrogen-bond donors (Lipinski definition) is 0. The Morgan fingerprint density at radius 1 is 0.714 bits per heavy atom. The van der Waals surface area contributed by atoms with Gasteiger partial charge in [-0.15, -0.1) is 0 Å². The molecule has 0 aromatic carbocycles. The van der Waals surface area contributed by atoms with Gasteiger partial charge in [-0.1, -0.05) is 90.4 Å². The van der Waals surface area contributed by atoms with Gasteiger partial charge in [0, 0.05) is 6.42 Å². The van der Waals surface area contributed by atoms with E-state index in [1.165, 1.54) is 83.7 Å². The van der Waals surface area contributed by atoms with Crippen molar-refractivity contribution in [2.45, 2.75) is 110 Å². The second-order valence-corrected chi connectivity index (χ2v) is 6.07. The highest BCUT2D eigenvalue weighted by Crippen LogP contribution is 2.13. The van der Waals surface area contributed by atoms with Crippen LogP contribution < -0.4 is 0 Å². The quantitative estimate of drug-likeness (QED) is 0.237. The Bertz CT molecular complexity index is 214.